The van der Waals surface area contributed by atoms with E-state index in [0.717, 1.165) is 44.0 Å². The van der Waals surface area contributed by atoms with Gasteiger partial charge in [0, 0.05) is 39.0 Å². The highest BCUT2D eigenvalue weighted by molar-refractivity contribution is 5.37. The van der Waals surface area contributed by atoms with Crippen molar-refractivity contribution >= 4 is 5.82 Å². The predicted octanol–water partition coefficient (Wildman–Crippen LogP) is 1.34. The number of methoxy groups -OCH3 is 1. The van der Waals surface area contributed by atoms with E-state index in [2.05, 4.69) is 15.2 Å². The van der Waals surface area contributed by atoms with Crippen molar-refractivity contribution in [1.82, 2.24) is 15.3 Å². The molecule has 3 rings (SSSR count). The van der Waals surface area contributed by atoms with E-state index in [9.17, 15) is 0 Å². The molecule has 0 aromatic carbocycles. The molecule has 1 saturated heterocycles. The monoisotopic (exact) mass is 262 g/mol. The van der Waals surface area contributed by atoms with Gasteiger partial charge in [0.25, 0.3) is 0 Å². The summed E-state index contributed by atoms with van der Waals surface area (Å²) in [5.74, 6) is 0.983. The molecule has 5 nitrogen and oxygen atoms in total. The van der Waals surface area contributed by atoms with Crippen molar-refractivity contribution in [3.8, 4) is 0 Å². The summed E-state index contributed by atoms with van der Waals surface area (Å²) in [6.45, 7) is 2.80. The average Bonchev–Trinajstić information content (AvgIpc) is 3.30. The summed E-state index contributed by atoms with van der Waals surface area (Å²) in [5.41, 5.74) is 1.03. The molecule has 104 valence electrons. The van der Waals surface area contributed by atoms with E-state index in [4.69, 9.17) is 9.72 Å². The number of nitrogens with zero attached hydrogens (tertiary/aromatic N) is 3. The summed E-state index contributed by atoms with van der Waals surface area (Å²) in [6.07, 6.45) is 8.94. The highest BCUT2D eigenvalue weighted by Gasteiger charge is 2.22. The number of aromatic nitrogens is 2. The maximum absolute atomic E-state index is 5.46. The minimum absolute atomic E-state index is 0.323. The van der Waals surface area contributed by atoms with Crippen molar-refractivity contribution < 1.29 is 4.74 Å². The van der Waals surface area contributed by atoms with E-state index in [0.29, 0.717) is 12.1 Å². The van der Waals surface area contributed by atoms with Gasteiger partial charge in [0.05, 0.1) is 18.0 Å². The van der Waals surface area contributed by atoms with Crippen LogP contribution >= 0.6 is 0 Å². The van der Waals surface area contributed by atoms with Crippen LogP contribution in [0.15, 0.2) is 12.4 Å². The summed E-state index contributed by atoms with van der Waals surface area (Å²) in [7, 11) is 1.79. The third-order valence-electron chi connectivity index (χ3n) is 3.86. The lowest BCUT2D eigenvalue weighted by molar-refractivity contribution is 0.0891. The van der Waals surface area contributed by atoms with Crippen molar-refractivity contribution in [2.75, 3.05) is 25.1 Å². The van der Waals surface area contributed by atoms with Crippen molar-refractivity contribution in [3.63, 3.8) is 0 Å². The highest BCUT2D eigenvalue weighted by Crippen LogP contribution is 2.20. The number of anilines is 1. The molecule has 19 heavy (non-hydrogen) atoms. The summed E-state index contributed by atoms with van der Waals surface area (Å²) in [4.78, 5) is 11.3. The summed E-state index contributed by atoms with van der Waals surface area (Å²) in [6, 6.07) is 0.707. The molecule has 2 heterocycles. The van der Waals surface area contributed by atoms with Crippen LogP contribution in [0.1, 0.15) is 31.4 Å². The molecule has 1 saturated carbocycles. The molecule has 1 unspecified atom stereocenters. The van der Waals surface area contributed by atoms with Crippen molar-refractivity contribution in [2.24, 2.45) is 0 Å². The van der Waals surface area contributed by atoms with E-state index in [1.54, 1.807) is 7.11 Å². The van der Waals surface area contributed by atoms with Crippen LogP contribution < -0.4 is 10.2 Å². The number of hydrogen-bond donors (Lipinski definition) is 1. The smallest absolute Gasteiger partial charge is 0.147 e. The second kappa shape index (κ2) is 5.84. The van der Waals surface area contributed by atoms with Gasteiger partial charge in [0.1, 0.15) is 5.82 Å². The number of rotatable bonds is 5. The van der Waals surface area contributed by atoms with E-state index in [1.165, 1.54) is 12.8 Å². The zero-order valence-corrected chi connectivity index (χ0v) is 11.5. The van der Waals surface area contributed by atoms with Gasteiger partial charge in [-0.3, -0.25) is 4.98 Å². The third kappa shape index (κ3) is 3.42. The fourth-order valence-electron chi connectivity index (χ4n) is 2.51. The van der Waals surface area contributed by atoms with Crippen LogP contribution in [-0.4, -0.2) is 42.3 Å². The van der Waals surface area contributed by atoms with E-state index < -0.39 is 0 Å². The minimum Gasteiger partial charge on any atom is -0.380 e. The molecule has 1 aliphatic heterocycles. The van der Waals surface area contributed by atoms with Crippen LogP contribution in [0.2, 0.25) is 0 Å². The zero-order valence-electron chi connectivity index (χ0n) is 11.5. The normalized spacial score (nSPS) is 23.6. The van der Waals surface area contributed by atoms with Gasteiger partial charge in [-0.15, -0.1) is 0 Å². The Bertz CT molecular complexity index is 422. The van der Waals surface area contributed by atoms with Crippen LogP contribution in [0.5, 0.6) is 0 Å². The van der Waals surface area contributed by atoms with Crippen molar-refractivity contribution in [2.45, 2.75) is 44.4 Å². The summed E-state index contributed by atoms with van der Waals surface area (Å²) < 4.78 is 5.46. The lowest BCUT2D eigenvalue weighted by Gasteiger charge is -2.32. The standard InChI is InChI=1S/C14H22N4O/c1-19-13-3-2-6-18(10-13)14-9-15-7-12(17-14)8-16-11-4-5-11/h7,9,11,13,16H,2-6,8,10H2,1H3. The molecular formula is C14H22N4O. The first-order chi connectivity index (χ1) is 9.35. The van der Waals surface area contributed by atoms with E-state index in [-0.39, 0.29) is 0 Å². The molecule has 5 heteroatoms. The zero-order chi connectivity index (χ0) is 13.1. The first-order valence-corrected chi connectivity index (χ1v) is 7.17. The Labute approximate surface area is 114 Å². The average molecular weight is 262 g/mol. The Hall–Kier alpha value is -1.20. The second-order valence-electron chi connectivity index (χ2n) is 5.47. The van der Waals surface area contributed by atoms with Gasteiger partial charge in [-0.05, 0) is 25.7 Å². The van der Waals surface area contributed by atoms with Gasteiger partial charge in [-0.25, -0.2) is 4.98 Å². The molecule has 1 atom stereocenters. The number of hydrogen-bond acceptors (Lipinski definition) is 5. The predicted molar refractivity (Wildman–Crippen MR) is 74.1 cm³/mol. The molecular weight excluding hydrogens is 240 g/mol. The lowest BCUT2D eigenvalue weighted by atomic mass is 10.1. The maximum Gasteiger partial charge on any atom is 0.147 e. The van der Waals surface area contributed by atoms with E-state index >= 15 is 0 Å². The van der Waals surface area contributed by atoms with Gasteiger partial charge >= 0.3 is 0 Å². The van der Waals surface area contributed by atoms with Gasteiger partial charge in [0.15, 0.2) is 0 Å². The molecule has 0 spiro atoms. The highest BCUT2D eigenvalue weighted by atomic mass is 16.5. The van der Waals surface area contributed by atoms with Gasteiger partial charge in [-0.1, -0.05) is 0 Å². The second-order valence-corrected chi connectivity index (χ2v) is 5.47. The lowest BCUT2D eigenvalue weighted by Crippen LogP contribution is -2.39. The van der Waals surface area contributed by atoms with E-state index in [1.807, 2.05) is 12.4 Å². The Morgan fingerprint density at radius 2 is 2.26 bits per heavy atom. The summed E-state index contributed by atoms with van der Waals surface area (Å²) in [5, 5.41) is 3.48. The number of nitrogens with one attached hydrogen (secondary N) is 1. The molecule has 1 aliphatic carbocycles. The Kier molecular flexibility index (Phi) is 3.94. The molecule has 2 aliphatic rings. The molecule has 1 N–H and O–H groups in total. The van der Waals surface area contributed by atoms with Crippen LogP contribution in [0.4, 0.5) is 5.82 Å². The molecule has 2 fully saturated rings. The van der Waals surface area contributed by atoms with Crippen molar-refractivity contribution in [3.05, 3.63) is 18.1 Å². The first kappa shape index (κ1) is 12.8. The number of piperidine rings is 1. The quantitative estimate of drug-likeness (QED) is 0.868. The van der Waals surface area contributed by atoms with Crippen LogP contribution in [-0.2, 0) is 11.3 Å². The molecule has 0 amide bonds. The molecule has 1 aromatic rings. The first-order valence-electron chi connectivity index (χ1n) is 7.17. The van der Waals surface area contributed by atoms with Gasteiger partial charge < -0.3 is 15.0 Å². The minimum atomic E-state index is 0.323. The largest absolute Gasteiger partial charge is 0.380 e. The number of ether oxygens (including phenoxy) is 1. The maximum atomic E-state index is 5.46. The molecule has 0 radical (unpaired) electrons. The fourth-order valence-corrected chi connectivity index (χ4v) is 2.51. The van der Waals surface area contributed by atoms with Crippen LogP contribution in [0.3, 0.4) is 0 Å². The fraction of sp³-hybridized carbons (Fsp3) is 0.714. The molecule has 1 aromatic heterocycles. The SMILES string of the molecule is COC1CCCN(c2cncc(CNC3CC3)n2)C1. The van der Waals surface area contributed by atoms with Gasteiger partial charge in [-0.2, -0.15) is 0 Å². The van der Waals surface area contributed by atoms with Crippen LogP contribution in [0, 0.1) is 0 Å². The Morgan fingerprint density at radius 1 is 1.37 bits per heavy atom. The van der Waals surface area contributed by atoms with Crippen LogP contribution in [0.25, 0.3) is 0 Å². The summed E-state index contributed by atoms with van der Waals surface area (Å²) >= 11 is 0. The Morgan fingerprint density at radius 3 is 3.05 bits per heavy atom. The molecule has 0 bridgehead atoms. The topological polar surface area (TPSA) is 50.3 Å². The Balaban J connectivity index is 1.63. The van der Waals surface area contributed by atoms with Gasteiger partial charge in [0.2, 0.25) is 0 Å². The third-order valence-corrected chi connectivity index (χ3v) is 3.86. The van der Waals surface area contributed by atoms with Crippen molar-refractivity contribution in [1.29, 1.82) is 0 Å².